The van der Waals surface area contributed by atoms with Crippen LogP contribution in [-0.2, 0) is 9.84 Å². The van der Waals surface area contributed by atoms with E-state index in [1.807, 2.05) is 6.92 Å². The Labute approximate surface area is 134 Å². The molecule has 2 saturated heterocycles. The average Bonchev–Trinajstić information content (AvgIpc) is 2.80. The molecule has 2 aliphatic rings. The number of nitrogens with zero attached hydrogens (tertiary/aromatic N) is 2. The third-order valence-electron chi connectivity index (χ3n) is 4.48. The van der Waals surface area contributed by atoms with Crippen molar-refractivity contribution >= 4 is 15.8 Å². The van der Waals surface area contributed by atoms with Gasteiger partial charge < -0.3 is 15.5 Å². The molecule has 2 rings (SSSR count). The zero-order valence-corrected chi connectivity index (χ0v) is 14.7. The molecule has 0 saturated carbocycles. The molecule has 2 fully saturated rings. The lowest BCUT2D eigenvalue weighted by molar-refractivity contribution is 0.197. The lowest BCUT2D eigenvalue weighted by atomic mass is 9.99. The van der Waals surface area contributed by atoms with Gasteiger partial charge in [-0.1, -0.05) is 6.92 Å². The van der Waals surface area contributed by atoms with Gasteiger partial charge in [-0.05, 0) is 45.2 Å². The fourth-order valence-electron chi connectivity index (χ4n) is 3.01. The minimum absolute atomic E-state index is 0.00126. The highest BCUT2D eigenvalue weighted by Crippen LogP contribution is 2.15. The van der Waals surface area contributed by atoms with Crippen LogP contribution in [0.2, 0.25) is 0 Å². The molecule has 0 bridgehead atoms. The maximum Gasteiger partial charge on any atom is 0.191 e. The van der Waals surface area contributed by atoms with Crippen molar-refractivity contribution in [2.45, 2.75) is 39.2 Å². The van der Waals surface area contributed by atoms with Crippen molar-refractivity contribution in [3.8, 4) is 0 Å². The molecule has 6 nitrogen and oxygen atoms in total. The lowest BCUT2D eigenvalue weighted by Gasteiger charge is -2.29. The number of rotatable bonds is 5. The van der Waals surface area contributed by atoms with Crippen LogP contribution in [0.3, 0.4) is 0 Å². The zero-order valence-electron chi connectivity index (χ0n) is 13.8. The second kappa shape index (κ2) is 8.15. The minimum Gasteiger partial charge on any atom is -0.357 e. The average molecular weight is 330 g/mol. The van der Waals surface area contributed by atoms with E-state index in [1.165, 1.54) is 25.9 Å². The molecule has 2 aliphatic heterocycles. The highest BCUT2D eigenvalue weighted by atomic mass is 32.2. The summed E-state index contributed by atoms with van der Waals surface area (Å²) in [5.74, 6) is 2.11. The third kappa shape index (κ3) is 5.76. The Kier molecular flexibility index (Phi) is 6.50. The first kappa shape index (κ1) is 17.5. The summed E-state index contributed by atoms with van der Waals surface area (Å²) in [5.41, 5.74) is 0. The van der Waals surface area contributed by atoms with Crippen LogP contribution < -0.4 is 10.6 Å². The number of guanidine groups is 1. The van der Waals surface area contributed by atoms with E-state index in [4.69, 9.17) is 0 Å². The van der Waals surface area contributed by atoms with E-state index in [0.717, 1.165) is 31.5 Å². The smallest absolute Gasteiger partial charge is 0.191 e. The van der Waals surface area contributed by atoms with Crippen LogP contribution in [0.1, 0.15) is 33.1 Å². The zero-order chi connectivity index (χ0) is 16.0. The van der Waals surface area contributed by atoms with Crippen molar-refractivity contribution < 1.29 is 8.42 Å². The van der Waals surface area contributed by atoms with E-state index < -0.39 is 9.84 Å². The van der Waals surface area contributed by atoms with Crippen molar-refractivity contribution in [1.82, 2.24) is 15.5 Å². The van der Waals surface area contributed by atoms with Crippen molar-refractivity contribution in [2.75, 3.05) is 44.2 Å². The fourth-order valence-corrected chi connectivity index (χ4v) is 4.68. The highest BCUT2D eigenvalue weighted by Gasteiger charge is 2.28. The van der Waals surface area contributed by atoms with Crippen LogP contribution in [0.15, 0.2) is 4.99 Å². The van der Waals surface area contributed by atoms with Crippen molar-refractivity contribution in [2.24, 2.45) is 10.9 Å². The van der Waals surface area contributed by atoms with Gasteiger partial charge >= 0.3 is 0 Å². The Morgan fingerprint density at radius 3 is 2.59 bits per heavy atom. The number of hydrogen-bond donors (Lipinski definition) is 2. The maximum absolute atomic E-state index is 11.5. The number of sulfone groups is 1. The molecule has 2 heterocycles. The molecular weight excluding hydrogens is 300 g/mol. The van der Waals surface area contributed by atoms with E-state index in [-0.39, 0.29) is 17.5 Å². The number of likely N-dealkylation sites (tertiary alicyclic amines) is 1. The van der Waals surface area contributed by atoms with Gasteiger partial charge in [0.25, 0.3) is 0 Å². The molecule has 2 N–H and O–H groups in total. The van der Waals surface area contributed by atoms with E-state index >= 15 is 0 Å². The van der Waals surface area contributed by atoms with E-state index in [0.29, 0.717) is 6.42 Å². The van der Waals surface area contributed by atoms with Gasteiger partial charge in [0.15, 0.2) is 15.8 Å². The molecule has 0 radical (unpaired) electrons. The van der Waals surface area contributed by atoms with E-state index in [2.05, 4.69) is 27.4 Å². The molecule has 0 amide bonds. The summed E-state index contributed by atoms with van der Waals surface area (Å²) < 4.78 is 23.0. The predicted octanol–water partition coefficient (Wildman–Crippen LogP) is 0.461. The Balaban J connectivity index is 1.77. The molecule has 0 aromatic carbocycles. The first-order valence-corrected chi connectivity index (χ1v) is 10.3. The van der Waals surface area contributed by atoms with Crippen molar-refractivity contribution in [3.05, 3.63) is 0 Å². The predicted molar refractivity (Wildman–Crippen MR) is 91.0 cm³/mol. The molecule has 22 heavy (non-hydrogen) atoms. The standard InChI is InChI=1S/C15H30N4O2S/c1-3-16-15(18-14-6-11-22(20,21)12-14)17-7-10-19-8-4-13(2)5-9-19/h13-14H,3-12H2,1-2H3,(H2,16,17,18). The Hall–Kier alpha value is -0.820. The highest BCUT2D eigenvalue weighted by molar-refractivity contribution is 7.91. The van der Waals surface area contributed by atoms with Gasteiger partial charge in [-0.3, -0.25) is 4.99 Å². The summed E-state index contributed by atoms with van der Waals surface area (Å²) in [6, 6.07) is -0.00126. The summed E-state index contributed by atoms with van der Waals surface area (Å²) in [7, 11) is -2.85. The summed E-state index contributed by atoms with van der Waals surface area (Å²) in [4.78, 5) is 7.06. The first-order chi connectivity index (χ1) is 10.5. The van der Waals surface area contributed by atoms with Crippen LogP contribution in [0.4, 0.5) is 0 Å². The summed E-state index contributed by atoms with van der Waals surface area (Å²) >= 11 is 0. The molecule has 0 spiro atoms. The Morgan fingerprint density at radius 2 is 2.00 bits per heavy atom. The quantitative estimate of drug-likeness (QED) is 0.566. The molecule has 0 aromatic rings. The van der Waals surface area contributed by atoms with Crippen LogP contribution in [-0.4, -0.2) is 69.5 Å². The van der Waals surface area contributed by atoms with Gasteiger partial charge in [0.1, 0.15) is 0 Å². The van der Waals surface area contributed by atoms with Crippen LogP contribution in [0.5, 0.6) is 0 Å². The topological polar surface area (TPSA) is 73.8 Å². The largest absolute Gasteiger partial charge is 0.357 e. The maximum atomic E-state index is 11.5. The number of hydrogen-bond acceptors (Lipinski definition) is 4. The second-order valence-corrected chi connectivity index (χ2v) is 8.76. The summed E-state index contributed by atoms with van der Waals surface area (Å²) in [6.45, 7) is 9.19. The molecule has 0 aromatic heterocycles. The van der Waals surface area contributed by atoms with Gasteiger partial charge in [0, 0.05) is 19.1 Å². The van der Waals surface area contributed by atoms with Crippen molar-refractivity contribution in [3.63, 3.8) is 0 Å². The SMILES string of the molecule is CCNC(=NCCN1CCC(C)CC1)NC1CCS(=O)(=O)C1. The second-order valence-electron chi connectivity index (χ2n) is 6.53. The summed E-state index contributed by atoms with van der Waals surface area (Å²) in [6.07, 6.45) is 3.24. The van der Waals surface area contributed by atoms with Gasteiger partial charge in [-0.2, -0.15) is 0 Å². The minimum atomic E-state index is -2.85. The third-order valence-corrected chi connectivity index (χ3v) is 6.25. The van der Waals surface area contributed by atoms with Gasteiger partial charge in [-0.25, -0.2) is 8.42 Å². The molecular formula is C15H30N4O2S. The molecule has 0 aliphatic carbocycles. The number of nitrogens with one attached hydrogen (secondary N) is 2. The Bertz CT molecular complexity index is 470. The van der Waals surface area contributed by atoms with Crippen molar-refractivity contribution in [1.29, 1.82) is 0 Å². The normalized spacial score (nSPS) is 27.0. The lowest BCUT2D eigenvalue weighted by Crippen LogP contribution is -2.44. The summed E-state index contributed by atoms with van der Waals surface area (Å²) in [5, 5.41) is 6.47. The van der Waals surface area contributed by atoms with Gasteiger partial charge in [0.2, 0.25) is 0 Å². The van der Waals surface area contributed by atoms with Gasteiger partial charge in [-0.15, -0.1) is 0 Å². The monoisotopic (exact) mass is 330 g/mol. The first-order valence-electron chi connectivity index (χ1n) is 8.46. The molecule has 1 unspecified atom stereocenters. The van der Waals surface area contributed by atoms with Crippen LogP contribution in [0, 0.1) is 5.92 Å². The number of aliphatic imine (C=N–C) groups is 1. The fraction of sp³-hybridized carbons (Fsp3) is 0.933. The Morgan fingerprint density at radius 1 is 1.27 bits per heavy atom. The molecule has 128 valence electrons. The van der Waals surface area contributed by atoms with E-state index in [1.54, 1.807) is 0 Å². The molecule has 7 heteroatoms. The van der Waals surface area contributed by atoms with Gasteiger partial charge in [0.05, 0.1) is 18.1 Å². The van der Waals surface area contributed by atoms with E-state index in [9.17, 15) is 8.42 Å². The van der Waals surface area contributed by atoms with Crippen LogP contribution in [0.25, 0.3) is 0 Å². The van der Waals surface area contributed by atoms with Crippen LogP contribution >= 0.6 is 0 Å². The number of piperidine rings is 1. The molecule has 1 atom stereocenters.